The minimum Gasteiger partial charge on any atom is -0.477 e. The van der Waals surface area contributed by atoms with Crippen molar-refractivity contribution >= 4 is 29.0 Å². The second-order valence-corrected chi connectivity index (χ2v) is 7.28. The van der Waals surface area contributed by atoms with Crippen LogP contribution in [0.3, 0.4) is 0 Å². The zero-order valence-corrected chi connectivity index (χ0v) is 15.0. The minimum atomic E-state index is -1.05. The van der Waals surface area contributed by atoms with Gasteiger partial charge in [-0.25, -0.2) is 9.78 Å². The van der Waals surface area contributed by atoms with Crippen LogP contribution < -0.4 is 5.32 Å². The maximum absolute atomic E-state index is 11.4. The van der Waals surface area contributed by atoms with Gasteiger partial charge in [-0.3, -0.25) is 0 Å². The highest BCUT2D eigenvalue weighted by atomic mass is 35.5. The molecule has 0 spiro atoms. The molecule has 1 saturated carbocycles. The molecule has 2 aromatic heterocycles. The van der Waals surface area contributed by atoms with E-state index in [4.69, 9.17) is 11.6 Å². The van der Waals surface area contributed by atoms with Gasteiger partial charge in [0.15, 0.2) is 5.65 Å². The van der Waals surface area contributed by atoms with Crippen molar-refractivity contribution in [1.82, 2.24) is 14.6 Å². The Morgan fingerprint density at radius 3 is 2.62 bits per heavy atom. The number of rotatable bonds is 5. The van der Waals surface area contributed by atoms with Gasteiger partial charge in [-0.05, 0) is 31.6 Å². The molecule has 1 aliphatic rings. The van der Waals surface area contributed by atoms with Crippen molar-refractivity contribution < 1.29 is 9.90 Å². The van der Waals surface area contributed by atoms with Crippen LogP contribution in [-0.4, -0.2) is 31.7 Å². The van der Waals surface area contributed by atoms with Crippen molar-refractivity contribution in [3.8, 4) is 0 Å². The lowest BCUT2D eigenvalue weighted by atomic mass is 9.98. The van der Waals surface area contributed by atoms with Crippen LogP contribution in [0.2, 0.25) is 5.15 Å². The second kappa shape index (κ2) is 6.59. The number of carboxylic acid groups (broad SMARTS) is 1. The highest BCUT2D eigenvalue weighted by Crippen LogP contribution is 2.41. The lowest BCUT2D eigenvalue weighted by molar-refractivity contribution is 0.0699. The first kappa shape index (κ1) is 17.0. The van der Waals surface area contributed by atoms with E-state index >= 15 is 0 Å². The highest BCUT2D eigenvalue weighted by Gasteiger charge is 2.28. The van der Waals surface area contributed by atoms with Crippen molar-refractivity contribution in [2.75, 3.05) is 5.32 Å². The fourth-order valence-corrected chi connectivity index (χ4v) is 3.55. The van der Waals surface area contributed by atoms with Gasteiger partial charge in [0.1, 0.15) is 16.5 Å². The molecule has 1 fully saturated rings. The molecule has 2 N–H and O–H groups in total. The SMILES string of the molecule is CC(C)C(C)Nc1c(C2CCCC2)c(Cl)nc2c(C(=O)O)cnn12. The molecule has 1 atom stereocenters. The number of nitrogens with zero attached hydrogens (tertiary/aromatic N) is 3. The summed E-state index contributed by atoms with van der Waals surface area (Å²) in [7, 11) is 0. The molecule has 7 heteroatoms. The van der Waals surface area contributed by atoms with Gasteiger partial charge in [0.2, 0.25) is 0 Å². The van der Waals surface area contributed by atoms with E-state index in [2.05, 4.69) is 36.2 Å². The molecule has 0 bridgehead atoms. The monoisotopic (exact) mass is 350 g/mol. The molecule has 1 unspecified atom stereocenters. The first-order valence-electron chi connectivity index (χ1n) is 8.47. The van der Waals surface area contributed by atoms with Crippen molar-refractivity contribution in [1.29, 1.82) is 0 Å². The van der Waals surface area contributed by atoms with Crippen LogP contribution in [0.5, 0.6) is 0 Å². The molecule has 2 aromatic rings. The fraction of sp³-hybridized carbons (Fsp3) is 0.588. The molecule has 24 heavy (non-hydrogen) atoms. The normalized spacial score (nSPS) is 16.9. The lowest BCUT2D eigenvalue weighted by Crippen LogP contribution is -2.25. The summed E-state index contributed by atoms with van der Waals surface area (Å²) in [6.07, 6.45) is 5.84. The van der Waals surface area contributed by atoms with E-state index < -0.39 is 5.97 Å². The third-order valence-electron chi connectivity index (χ3n) is 5.00. The number of hydrogen-bond acceptors (Lipinski definition) is 4. The summed E-state index contributed by atoms with van der Waals surface area (Å²) in [5.74, 6) is 0.488. The highest BCUT2D eigenvalue weighted by molar-refractivity contribution is 6.30. The van der Waals surface area contributed by atoms with Gasteiger partial charge in [0, 0.05) is 11.6 Å². The molecule has 6 nitrogen and oxygen atoms in total. The van der Waals surface area contributed by atoms with Crippen molar-refractivity contribution in [3.63, 3.8) is 0 Å². The Morgan fingerprint density at radius 1 is 1.38 bits per heavy atom. The van der Waals surface area contributed by atoms with Crippen LogP contribution in [0.1, 0.15) is 68.3 Å². The summed E-state index contributed by atoms with van der Waals surface area (Å²) in [5, 5.41) is 17.5. The number of halogens is 1. The number of aromatic carboxylic acids is 1. The number of aromatic nitrogens is 3. The molecule has 0 amide bonds. The zero-order valence-electron chi connectivity index (χ0n) is 14.2. The zero-order chi connectivity index (χ0) is 17.4. The Morgan fingerprint density at radius 2 is 2.04 bits per heavy atom. The Bertz CT molecular complexity index is 766. The van der Waals surface area contributed by atoms with Crippen molar-refractivity contribution in [2.45, 2.75) is 58.4 Å². The third-order valence-corrected chi connectivity index (χ3v) is 5.28. The molecule has 3 rings (SSSR count). The van der Waals surface area contributed by atoms with Crippen molar-refractivity contribution in [3.05, 3.63) is 22.5 Å². The number of nitrogens with one attached hydrogen (secondary N) is 1. The second-order valence-electron chi connectivity index (χ2n) is 6.92. The molecule has 0 saturated heterocycles. The number of hydrogen-bond donors (Lipinski definition) is 2. The molecule has 0 aliphatic heterocycles. The van der Waals surface area contributed by atoms with E-state index in [-0.39, 0.29) is 17.3 Å². The van der Waals surface area contributed by atoms with Crippen LogP contribution in [-0.2, 0) is 0 Å². The number of carbonyl (C=O) groups is 1. The summed E-state index contributed by atoms with van der Waals surface area (Å²) < 4.78 is 1.60. The number of fused-ring (bicyclic) bond motifs is 1. The Labute approximate surface area is 146 Å². The van der Waals surface area contributed by atoms with E-state index in [1.165, 1.54) is 19.0 Å². The molecule has 130 valence electrons. The van der Waals surface area contributed by atoms with Gasteiger partial charge in [-0.1, -0.05) is 38.3 Å². The first-order chi connectivity index (χ1) is 11.4. The average molecular weight is 351 g/mol. The summed E-state index contributed by atoms with van der Waals surface area (Å²) in [6.45, 7) is 6.38. The van der Waals surface area contributed by atoms with Gasteiger partial charge in [0.05, 0.1) is 6.20 Å². The van der Waals surface area contributed by atoms with E-state index in [0.29, 0.717) is 17.0 Å². The lowest BCUT2D eigenvalue weighted by Gasteiger charge is -2.24. The topological polar surface area (TPSA) is 79.5 Å². The van der Waals surface area contributed by atoms with Crippen LogP contribution in [0, 0.1) is 5.92 Å². The summed E-state index contributed by atoms with van der Waals surface area (Å²) in [6, 6.07) is 0.198. The third kappa shape index (κ3) is 2.95. The predicted octanol–water partition coefficient (Wildman–Crippen LogP) is 4.19. The van der Waals surface area contributed by atoms with Gasteiger partial charge in [-0.2, -0.15) is 9.61 Å². The quantitative estimate of drug-likeness (QED) is 0.790. The molecular weight excluding hydrogens is 328 g/mol. The maximum atomic E-state index is 11.4. The van der Waals surface area contributed by atoms with Crippen LogP contribution in [0.25, 0.3) is 5.65 Å². The van der Waals surface area contributed by atoms with Crippen molar-refractivity contribution in [2.24, 2.45) is 5.92 Å². The van der Waals surface area contributed by atoms with Gasteiger partial charge < -0.3 is 10.4 Å². The summed E-state index contributed by atoms with van der Waals surface area (Å²) in [4.78, 5) is 15.8. The summed E-state index contributed by atoms with van der Waals surface area (Å²) >= 11 is 6.50. The fourth-order valence-electron chi connectivity index (χ4n) is 3.23. The average Bonchev–Trinajstić information content (AvgIpc) is 3.15. The Hall–Kier alpha value is -1.82. The Balaban J connectivity index is 2.20. The van der Waals surface area contributed by atoms with Gasteiger partial charge in [0.25, 0.3) is 0 Å². The molecule has 0 aromatic carbocycles. The van der Waals surface area contributed by atoms with E-state index in [1.807, 2.05) is 0 Å². The number of anilines is 1. The van der Waals surface area contributed by atoms with Gasteiger partial charge in [-0.15, -0.1) is 0 Å². The molecular formula is C17H23ClN4O2. The standard InChI is InChI=1S/C17H23ClN4O2/c1-9(2)10(3)20-16-13(11-6-4-5-7-11)14(18)21-15-12(17(23)24)8-19-22(15)16/h8-11,20H,4-7H2,1-3H3,(H,23,24). The smallest absolute Gasteiger partial charge is 0.341 e. The van der Waals surface area contributed by atoms with E-state index in [1.54, 1.807) is 4.52 Å². The molecule has 0 radical (unpaired) electrons. The molecule has 2 heterocycles. The number of carboxylic acids is 1. The first-order valence-corrected chi connectivity index (χ1v) is 8.85. The van der Waals surface area contributed by atoms with Gasteiger partial charge >= 0.3 is 5.97 Å². The molecule has 1 aliphatic carbocycles. The van der Waals surface area contributed by atoms with E-state index in [9.17, 15) is 9.90 Å². The maximum Gasteiger partial charge on any atom is 0.341 e. The summed E-state index contributed by atoms with van der Waals surface area (Å²) in [5.41, 5.74) is 1.32. The predicted molar refractivity (Wildman–Crippen MR) is 94.1 cm³/mol. The largest absolute Gasteiger partial charge is 0.477 e. The minimum absolute atomic E-state index is 0.0649. The van der Waals surface area contributed by atoms with Crippen LogP contribution in [0.15, 0.2) is 6.20 Å². The van der Waals surface area contributed by atoms with Crippen LogP contribution in [0.4, 0.5) is 5.82 Å². The Kier molecular flexibility index (Phi) is 4.67. The van der Waals surface area contributed by atoms with E-state index in [0.717, 1.165) is 24.2 Å². The van der Waals surface area contributed by atoms with Crippen LogP contribution >= 0.6 is 11.6 Å².